The van der Waals surface area contributed by atoms with Gasteiger partial charge in [-0.05, 0) is 24.3 Å². The molecule has 0 saturated heterocycles. The second-order valence-electron chi connectivity index (χ2n) is 8.81. The van der Waals surface area contributed by atoms with Crippen molar-refractivity contribution in [1.82, 2.24) is 0 Å². The molecule has 35 heavy (non-hydrogen) atoms. The highest BCUT2D eigenvalue weighted by Crippen LogP contribution is 2.41. The minimum atomic E-state index is -0.986. The Hall–Kier alpha value is -3.74. The van der Waals surface area contributed by atoms with Crippen LogP contribution in [0, 0.1) is 0 Å². The van der Waals surface area contributed by atoms with Gasteiger partial charge in [0.05, 0.1) is 22.3 Å². The van der Waals surface area contributed by atoms with Gasteiger partial charge in [0.2, 0.25) is 0 Å². The topological polar surface area (TPSA) is 93.1 Å². The highest BCUT2D eigenvalue weighted by molar-refractivity contribution is 6.12. The largest absolute Gasteiger partial charge is 0.508 e. The van der Waals surface area contributed by atoms with Crippen LogP contribution in [-0.4, -0.2) is 47.2 Å². The predicted molar refractivity (Wildman–Crippen MR) is 132 cm³/mol. The highest BCUT2D eigenvalue weighted by atomic mass is 16.5. The lowest BCUT2D eigenvalue weighted by molar-refractivity contribution is -0.0582. The predicted octanol–water partition coefficient (Wildman–Crippen LogP) is 5.46. The fourth-order valence-corrected chi connectivity index (χ4v) is 4.59. The molecule has 0 saturated carbocycles. The number of allylic oxidation sites excluding steroid dienone is 2. The van der Waals surface area contributed by atoms with Gasteiger partial charge in [-0.3, -0.25) is 9.59 Å². The van der Waals surface area contributed by atoms with Gasteiger partial charge in [-0.1, -0.05) is 60.7 Å². The van der Waals surface area contributed by atoms with E-state index < -0.39 is 11.2 Å². The molecule has 180 valence electrons. The van der Waals surface area contributed by atoms with Gasteiger partial charge in [0.1, 0.15) is 11.5 Å². The number of hydrogen-bond acceptors (Lipinski definition) is 6. The Morgan fingerprint density at radius 3 is 1.43 bits per heavy atom. The van der Waals surface area contributed by atoms with E-state index >= 15 is 0 Å². The molecule has 0 bridgehead atoms. The van der Waals surface area contributed by atoms with Gasteiger partial charge in [-0.2, -0.15) is 0 Å². The van der Waals surface area contributed by atoms with E-state index in [0.717, 1.165) is 0 Å². The minimum Gasteiger partial charge on any atom is -0.508 e. The molecule has 0 amide bonds. The lowest BCUT2D eigenvalue weighted by Crippen LogP contribution is -2.44. The average Bonchev–Trinajstić information content (AvgIpc) is 2.91. The summed E-state index contributed by atoms with van der Waals surface area (Å²) in [6, 6.07) is 17.4. The molecule has 0 aromatic heterocycles. The summed E-state index contributed by atoms with van der Waals surface area (Å²) >= 11 is 0. The molecule has 0 spiro atoms. The molecule has 6 nitrogen and oxygen atoms in total. The van der Waals surface area contributed by atoms with Crippen molar-refractivity contribution in [3.8, 4) is 0 Å². The second-order valence-corrected chi connectivity index (χ2v) is 8.81. The molecule has 2 aliphatic rings. The maximum absolute atomic E-state index is 13.1. The molecule has 4 rings (SSSR count). The molecule has 2 N–H and O–H groups in total. The van der Waals surface area contributed by atoms with E-state index in [2.05, 4.69) is 0 Å². The number of carbonyl (C=O) groups is 2. The third-order valence-electron chi connectivity index (χ3n) is 6.62. The van der Waals surface area contributed by atoms with E-state index in [-0.39, 0.29) is 40.7 Å². The van der Waals surface area contributed by atoms with Crippen LogP contribution in [0.4, 0.5) is 0 Å². The number of Topliss-reactive ketones (excluding diaryl/α,β-unsaturated/α-hetero) is 2. The lowest BCUT2D eigenvalue weighted by Gasteiger charge is -2.41. The van der Waals surface area contributed by atoms with Crippen LogP contribution in [0.3, 0.4) is 0 Å². The zero-order chi connectivity index (χ0) is 25.1. The van der Waals surface area contributed by atoms with Crippen molar-refractivity contribution < 1.29 is 29.3 Å². The van der Waals surface area contributed by atoms with Crippen LogP contribution in [0.5, 0.6) is 0 Å². The second kappa shape index (κ2) is 9.86. The average molecular weight is 473 g/mol. The van der Waals surface area contributed by atoms with Crippen LogP contribution < -0.4 is 0 Å². The number of benzene rings is 2. The van der Waals surface area contributed by atoms with Crippen LogP contribution in [0.1, 0.15) is 40.0 Å². The van der Waals surface area contributed by atoms with Crippen LogP contribution in [-0.2, 0) is 9.47 Å². The number of aliphatic hydroxyl groups is 2. The number of hydrogen-bond donors (Lipinski definition) is 2. The van der Waals surface area contributed by atoms with E-state index in [1.54, 1.807) is 72.8 Å². The summed E-state index contributed by atoms with van der Waals surface area (Å²) in [7, 11) is 3.08. The third kappa shape index (κ3) is 4.90. The fraction of sp³-hybridized carbons (Fsp3) is 0.241. The minimum absolute atomic E-state index is 0.102. The maximum Gasteiger partial charge on any atom is 0.196 e. The molecule has 6 heteroatoms. The summed E-state index contributed by atoms with van der Waals surface area (Å²) in [5, 5.41) is 21.0. The molecule has 2 aromatic rings. The van der Waals surface area contributed by atoms with Crippen molar-refractivity contribution >= 4 is 11.6 Å². The quantitative estimate of drug-likeness (QED) is 0.496. The Morgan fingerprint density at radius 1 is 0.714 bits per heavy atom. The highest BCUT2D eigenvalue weighted by Gasteiger charge is 2.43. The third-order valence-corrected chi connectivity index (χ3v) is 6.62. The van der Waals surface area contributed by atoms with Gasteiger partial charge in [0, 0.05) is 44.6 Å². The van der Waals surface area contributed by atoms with Crippen LogP contribution >= 0.6 is 0 Å². The molecular formula is C29H28O6. The Balaban J connectivity index is 1.70. The number of carbonyl (C=O) groups excluding carboxylic acids is 2. The van der Waals surface area contributed by atoms with Gasteiger partial charge >= 0.3 is 0 Å². The number of ether oxygens (including phenoxy) is 2. The molecule has 0 aliphatic heterocycles. The summed E-state index contributed by atoms with van der Waals surface area (Å²) in [5.41, 5.74) is -0.773. The van der Waals surface area contributed by atoms with Crippen LogP contribution in [0.2, 0.25) is 0 Å². The van der Waals surface area contributed by atoms with Crippen molar-refractivity contribution in [2.45, 2.75) is 30.5 Å². The first-order chi connectivity index (χ1) is 16.8. The number of ketones is 2. The van der Waals surface area contributed by atoms with E-state index in [1.165, 1.54) is 14.2 Å². The van der Waals surface area contributed by atoms with Gasteiger partial charge in [0.25, 0.3) is 0 Å². The molecular weight excluding hydrogens is 444 g/mol. The number of methoxy groups -OCH3 is 2. The Labute approximate surface area is 204 Å². The van der Waals surface area contributed by atoms with E-state index in [1.807, 2.05) is 12.1 Å². The summed E-state index contributed by atoms with van der Waals surface area (Å²) in [5.74, 6) is -0.837. The Kier molecular flexibility index (Phi) is 6.87. The van der Waals surface area contributed by atoms with E-state index in [4.69, 9.17) is 9.47 Å². The van der Waals surface area contributed by atoms with Crippen molar-refractivity contribution in [1.29, 1.82) is 0 Å². The van der Waals surface area contributed by atoms with Gasteiger partial charge in [-0.15, -0.1) is 0 Å². The Bertz CT molecular complexity index is 1140. The molecule has 2 aliphatic carbocycles. The first-order valence-corrected chi connectivity index (χ1v) is 11.4. The summed E-state index contributed by atoms with van der Waals surface area (Å²) in [4.78, 5) is 26.3. The molecule has 2 aromatic carbocycles. The van der Waals surface area contributed by atoms with Gasteiger partial charge in [-0.25, -0.2) is 0 Å². The van der Waals surface area contributed by atoms with Crippen molar-refractivity contribution in [2.24, 2.45) is 0 Å². The standard InChI is InChI=1S/C29H28O6/c1-34-28(15-13-24(30)22(17-28)26(32)20-9-5-3-6-10-20)19-29(35-2)16-14-25(31)23(18-29)27(33)21-11-7-4-8-12-21/h3-14,17-18,30-31H,15-16,19H2,1-2H3. The first kappa shape index (κ1) is 24.4. The summed E-state index contributed by atoms with van der Waals surface area (Å²) in [6.45, 7) is 0. The van der Waals surface area contributed by atoms with Crippen LogP contribution in [0.15, 0.2) is 108 Å². The van der Waals surface area contributed by atoms with Crippen molar-refractivity contribution in [2.75, 3.05) is 14.2 Å². The molecule has 0 fully saturated rings. The molecule has 0 heterocycles. The smallest absolute Gasteiger partial charge is 0.196 e. The van der Waals surface area contributed by atoms with E-state index in [0.29, 0.717) is 24.0 Å². The fourth-order valence-electron chi connectivity index (χ4n) is 4.59. The normalized spacial score (nSPS) is 24.1. The Morgan fingerprint density at radius 2 is 1.09 bits per heavy atom. The SMILES string of the molecule is COC1(CC2(OC)C=C(C(=O)c3ccccc3)C(O)=CC2)C=C(C(=O)c2ccccc2)C(O)=CC1. The molecule has 2 unspecified atom stereocenters. The van der Waals surface area contributed by atoms with Gasteiger partial charge in [0.15, 0.2) is 11.6 Å². The van der Waals surface area contributed by atoms with E-state index in [9.17, 15) is 19.8 Å². The zero-order valence-corrected chi connectivity index (χ0v) is 19.7. The monoisotopic (exact) mass is 472 g/mol. The summed E-state index contributed by atoms with van der Waals surface area (Å²) in [6.07, 6.45) is 7.27. The molecule has 0 radical (unpaired) electrons. The molecule has 2 atom stereocenters. The maximum atomic E-state index is 13.1. The summed E-state index contributed by atoms with van der Waals surface area (Å²) < 4.78 is 11.8. The zero-order valence-electron chi connectivity index (χ0n) is 19.7. The first-order valence-electron chi connectivity index (χ1n) is 11.4. The number of aliphatic hydroxyl groups excluding tert-OH is 2. The van der Waals surface area contributed by atoms with Crippen molar-refractivity contribution in [3.63, 3.8) is 0 Å². The van der Waals surface area contributed by atoms with Gasteiger partial charge < -0.3 is 19.7 Å². The lowest BCUT2D eigenvalue weighted by atomic mass is 9.75. The van der Waals surface area contributed by atoms with Crippen molar-refractivity contribution in [3.05, 3.63) is 119 Å². The van der Waals surface area contributed by atoms with Crippen LogP contribution in [0.25, 0.3) is 0 Å². The number of rotatable bonds is 8.